The summed E-state index contributed by atoms with van der Waals surface area (Å²) in [6.07, 6.45) is 2.46. The molecule has 0 amide bonds. The molecule has 0 saturated carbocycles. The molecule has 0 aliphatic rings. The maximum atomic E-state index is 10.4. The Labute approximate surface area is 80.5 Å². The Morgan fingerprint density at radius 1 is 1.15 bits per heavy atom. The van der Waals surface area contributed by atoms with Crippen molar-refractivity contribution < 1.29 is 14.3 Å². The molecule has 0 heterocycles. The van der Waals surface area contributed by atoms with Gasteiger partial charge in [0.2, 0.25) is 0 Å². The molecule has 0 aromatic heterocycles. The van der Waals surface area contributed by atoms with Gasteiger partial charge < -0.3 is 4.74 Å². The monoisotopic (exact) mass is 188 g/mol. The third-order valence-electron chi connectivity index (χ3n) is 1.27. The van der Waals surface area contributed by atoms with Crippen LogP contribution in [0.4, 0.5) is 0 Å². The minimum atomic E-state index is -0.211. The Bertz CT molecular complexity index is 141. The van der Waals surface area contributed by atoms with Crippen LogP contribution < -0.4 is 0 Å². The minimum absolute atomic E-state index is 0.211. The summed E-state index contributed by atoms with van der Waals surface area (Å²) in [5.74, 6) is 0.167. The molecule has 0 atom stereocenters. The fraction of sp³-hybridized carbons (Fsp3) is 0.800. The summed E-state index contributed by atoms with van der Waals surface area (Å²) in [7, 11) is 0. The van der Waals surface area contributed by atoms with Crippen molar-refractivity contribution in [2.45, 2.75) is 47.0 Å². The molecule has 0 aliphatic heterocycles. The van der Waals surface area contributed by atoms with E-state index in [0.29, 0.717) is 18.8 Å². The summed E-state index contributed by atoms with van der Waals surface area (Å²) in [6.45, 7) is 7.58. The molecule has 78 valence electrons. The summed E-state index contributed by atoms with van der Waals surface area (Å²) < 4.78 is 4.40. The van der Waals surface area contributed by atoms with Crippen molar-refractivity contribution in [3.63, 3.8) is 0 Å². The van der Waals surface area contributed by atoms with E-state index in [1.54, 1.807) is 6.92 Å². The standard InChI is InChI=1S/C6H12O.C4H8O2/c1-3-5-6(7)4-2;1-3-6-4(2)5/h3-5H2,1-2H3;3H2,1-2H3. The first-order valence-electron chi connectivity index (χ1n) is 4.73. The van der Waals surface area contributed by atoms with Gasteiger partial charge in [0.05, 0.1) is 6.61 Å². The third-order valence-corrected chi connectivity index (χ3v) is 1.27. The number of ether oxygens (including phenoxy) is 1. The van der Waals surface area contributed by atoms with Crippen molar-refractivity contribution in [1.82, 2.24) is 0 Å². The number of hydrogen-bond donors (Lipinski definition) is 0. The molecule has 0 unspecified atom stereocenters. The van der Waals surface area contributed by atoms with E-state index in [2.05, 4.69) is 4.74 Å². The van der Waals surface area contributed by atoms with Crippen LogP contribution in [0.2, 0.25) is 0 Å². The lowest BCUT2D eigenvalue weighted by Gasteiger charge is -1.89. The maximum Gasteiger partial charge on any atom is 0.302 e. The zero-order chi connectivity index (χ0) is 10.7. The van der Waals surface area contributed by atoms with Gasteiger partial charge in [0, 0.05) is 19.8 Å². The first kappa shape index (κ1) is 14.7. The molecule has 0 aromatic rings. The zero-order valence-corrected chi connectivity index (χ0v) is 9.05. The van der Waals surface area contributed by atoms with Crippen LogP contribution >= 0.6 is 0 Å². The van der Waals surface area contributed by atoms with E-state index in [0.717, 1.165) is 12.8 Å². The fourth-order valence-corrected chi connectivity index (χ4v) is 0.659. The molecule has 13 heavy (non-hydrogen) atoms. The highest BCUT2D eigenvalue weighted by Crippen LogP contribution is 1.90. The SMILES string of the molecule is CCCC(=O)CC.CCOC(C)=O. The normalized spacial score (nSPS) is 8.31. The van der Waals surface area contributed by atoms with Crippen molar-refractivity contribution in [3.05, 3.63) is 0 Å². The van der Waals surface area contributed by atoms with Gasteiger partial charge in [-0.25, -0.2) is 0 Å². The van der Waals surface area contributed by atoms with E-state index < -0.39 is 0 Å². The maximum absolute atomic E-state index is 10.4. The summed E-state index contributed by atoms with van der Waals surface area (Å²) in [4.78, 5) is 20.2. The average molecular weight is 188 g/mol. The lowest BCUT2D eigenvalue weighted by Crippen LogP contribution is -1.95. The number of Topliss-reactive ketones (excluding diaryl/α,β-unsaturated/α-hetero) is 1. The topological polar surface area (TPSA) is 43.4 Å². The molecule has 0 bridgehead atoms. The van der Waals surface area contributed by atoms with Gasteiger partial charge in [-0.1, -0.05) is 13.8 Å². The summed E-state index contributed by atoms with van der Waals surface area (Å²) >= 11 is 0. The molecule has 3 heteroatoms. The van der Waals surface area contributed by atoms with Crippen LogP contribution in [0.25, 0.3) is 0 Å². The molecule has 0 fully saturated rings. The highest BCUT2D eigenvalue weighted by Gasteiger charge is 1.91. The summed E-state index contributed by atoms with van der Waals surface area (Å²) in [5, 5.41) is 0. The van der Waals surface area contributed by atoms with Crippen molar-refractivity contribution in [2.75, 3.05) is 6.61 Å². The van der Waals surface area contributed by atoms with E-state index in [9.17, 15) is 9.59 Å². The molecule has 0 N–H and O–H groups in total. The molecule has 0 aliphatic carbocycles. The van der Waals surface area contributed by atoms with Gasteiger partial charge in [0.25, 0.3) is 0 Å². The third kappa shape index (κ3) is 18.3. The molecule has 0 saturated heterocycles. The van der Waals surface area contributed by atoms with Crippen LogP contribution in [0.1, 0.15) is 47.0 Å². The molecule has 0 spiro atoms. The second-order valence-electron chi connectivity index (χ2n) is 2.57. The number of carbonyl (C=O) groups excluding carboxylic acids is 2. The largest absolute Gasteiger partial charge is 0.466 e. The van der Waals surface area contributed by atoms with Gasteiger partial charge in [0.15, 0.2) is 0 Å². The summed E-state index contributed by atoms with van der Waals surface area (Å²) in [6, 6.07) is 0. The minimum Gasteiger partial charge on any atom is -0.466 e. The molecular weight excluding hydrogens is 168 g/mol. The Kier molecular flexibility index (Phi) is 12.6. The van der Waals surface area contributed by atoms with Crippen LogP contribution in [0.3, 0.4) is 0 Å². The molecule has 0 radical (unpaired) electrons. The highest BCUT2D eigenvalue weighted by atomic mass is 16.5. The quantitative estimate of drug-likeness (QED) is 0.636. The Hall–Kier alpha value is -0.860. The van der Waals surface area contributed by atoms with Crippen molar-refractivity contribution in [1.29, 1.82) is 0 Å². The number of ketones is 1. The molecular formula is C10H20O3. The average Bonchev–Trinajstić information content (AvgIpc) is 2.05. The molecule has 3 nitrogen and oxygen atoms in total. The van der Waals surface area contributed by atoms with Gasteiger partial charge in [-0.15, -0.1) is 0 Å². The summed E-state index contributed by atoms with van der Waals surface area (Å²) in [5.41, 5.74) is 0. The number of rotatable bonds is 4. The van der Waals surface area contributed by atoms with E-state index in [1.165, 1.54) is 6.92 Å². The van der Waals surface area contributed by atoms with Gasteiger partial charge in [0.1, 0.15) is 5.78 Å². The van der Waals surface area contributed by atoms with Crippen LogP contribution in [0.5, 0.6) is 0 Å². The van der Waals surface area contributed by atoms with E-state index in [1.807, 2.05) is 13.8 Å². The fourth-order valence-electron chi connectivity index (χ4n) is 0.659. The predicted octanol–water partition coefficient (Wildman–Crippen LogP) is 2.33. The van der Waals surface area contributed by atoms with E-state index in [4.69, 9.17) is 0 Å². The van der Waals surface area contributed by atoms with Crippen LogP contribution in [0.15, 0.2) is 0 Å². The first-order valence-corrected chi connectivity index (χ1v) is 4.73. The van der Waals surface area contributed by atoms with Crippen LogP contribution in [0, 0.1) is 0 Å². The van der Waals surface area contributed by atoms with Crippen LogP contribution in [-0.2, 0) is 14.3 Å². The predicted molar refractivity (Wildman–Crippen MR) is 52.5 cm³/mol. The zero-order valence-electron chi connectivity index (χ0n) is 9.05. The lowest BCUT2D eigenvalue weighted by atomic mass is 10.2. The van der Waals surface area contributed by atoms with Gasteiger partial charge >= 0.3 is 5.97 Å². The van der Waals surface area contributed by atoms with Gasteiger partial charge in [-0.3, -0.25) is 9.59 Å². The van der Waals surface area contributed by atoms with Gasteiger partial charge in [-0.05, 0) is 13.3 Å². The Balaban J connectivity index is 0. The Morgan fingerprint density at radius 3 is 1.77 bits per heavy atom. The van der Waals surface area contributed by atoms with Crippen molar-refractivity contribution in [3.8, 4) is 0 Å². The van der Waals surface area contributed by atoms with E-state index in [-0.39, 0.29) is 5.97 Å². The second-order valence-corrected chi connectivity index (χ2v) is 2.57. The molecule has 0 aromatic carbocycles. The van der Waals surface area contributed by atoms with E-state index >= 15 is 0 Å². The number of esters is 1. The van der Waals surface area contributed by atoms with Gasteiger partial charge in [-0.2, -0.15) is 0 Å². The first-order chi connectivity index (χ1) is 6.08. The van der Waals surface area contributed by atoms with Crippen molar-refractivity contribution >= 4 is 11.8 Å². The number of hydrogen-bond acceptors (Lipinski definition) is 3. The lowest BCUT2D eigenvalue weighted by molar-refractivity contribution is -0.140. The number of carbonyl (C=O) groups is 2. The Morgan fingerprint density at radius 2 is 1.69 bits per heavy atom. The second kappa shape index (κ2) is 11.1. The van der Waals surface area contributed by atoms with Crippen LogP contribution in [-0.4, -0.2) is 18.4 Å². The van der Waals surface area contributed by atoms with Crippen molar-refractivity contribution in [2.24, 2.45) is 0 Å². The highest BCUT2D eigenvalue weighted by molar-refractivity contribution is 5.77. The molecule has 0 rings (SSSR count). The smallest absolute Gasteiger partial charge is 0.302 e.